The number of hydrogen-bond donors (Lipinski definition) is 1. The van der Waals surface area contributed by atoms with Crippen LogP contribution in [0.1, 0.15) is 44.5 Å². The van der Waals surface area contributed by atoms with Gasteiger partial charge in [-0.1, -0.05) is 13.8 Å². The second-order valence-corrected chi connectivity index (χ2v) is 7.04. The predicted molar refractivity (Wildman–Crippen MR) is 97.4 cm³/mol. The number of nitrogens with zero attached hydrogens (tertiary/aromatic N) is 5. The highest BCUT2D eigenvalue weighted by atomic mass is 19.4. The van der Waals surface area contributed by atoms with Crippen molar-refractivity contribution >= 4 is 11.6 Å². The van der Waals surface area contributed by atoms with E-state index in [-0.39, 0.29) is 6.54 Å². The molecule has 0 atom stereocenters. The third-order valence-electron chi connectivity index (χ3n) is 5.65. The van der Waals surface area contributed by atoms with Gasteiger partial charge in [0.25, 0.3) is 0 Å². The zero-order valence-corrected chi connectivity index (χ0v) is 15.8. The molecule has 0 bridgehead atoms. The lowest BCUT2D eigenvalue weighted by Gasteiger charge is -2.27. The normalized spacial score (nSPS) is 17.7. The molecule has 3 heterocycles. The number of fused-ring (bicyclic) bond motifs is 1. The van der Waals surface area contributed by atoms with Crippen LogP contribution in [0.4, 0.5) is 13.2 Å². The summed E-state index contributed by atoms with van der Waals surface area (Å²) in [7, 11) is 1.71. The van der Waals surface area contributed by atoms with Gasteiger partial charge in [-0.25, -0.2) is 0 Å². The maximum atomic E-state index is 13.0. The smallest absolute Gasteiger partial charge is 0.349 e. The first kappa shape index (κ1) is 19.4. The molecule has 0 radical (unpaired) electrons. The molecule has 0 unspecified atom stereocenters. The van der Waals surface area contributed by atoms with Crippen molar-refractivity contribution in [3.05, 3.63) is 29.7 Å². The van der Waals surface area contributed by atoms with Gasteiger partial charge in [-0.2, -0.15) is 13.2 Å². The SMILES string of the molecule is CCC1(CC)CCN(C(=NC)NCc2nnc3ccc(C(F)(F)F)cn23)C1. The molecule has 1 fully saturated rings. The van der Waals surface area contributed by atoms with Crippen molar-refractivity contribution in [1.29, 1.82) is 0 Å². The molecule has 148 valence electrons. The van der Waals surface area contributed by atoms with Gasteiger partial charge >= 0.3 is 6.18 Å². The fourth-order valence-electron chi connectivity index (χ4n) is 3.66. The van der Waals surface area contributed by atoms with E-state index in [0.29, 0.717) is 16.9 Å². The van der Waals surface area contributed by atoms with E-state index < -0.39 is 11.7 Å². The number of nitrogens with one attached hydrogen (secondary N) is 1. The quantitative estimate of drug-likeness (QED) is 0.651. The van der Waals surface area contributed by atoms with Crippen LogP contribution < -0.4 is 5.32 Å². The van der Waals surface area contributed by atoms with Gasteiger partial charge in [0.05, 0.1) is 12.1 Å². The number of rotatable bonds is 4. The molecule has 0 saturated carbocycles. The summed E-state index contributed by atoms with van der Waals surface area (Å²) < 4.78 is 40.3. The van der Waals surface area contributed by atoms with Crippen LogP contribution in [0.25, 0.3) is 5.65 Å². The number of guanidine groups is 1. The predicted octanol–water partition coefficient (Wildman–Crippen LogP) is 3.34. The third-order valence-corrected chi connectivity index (χ3v) is 5.65. The van der Waals surface area contributed by atoms with E-state index in [1.165, 1.54) is 10.5 Å². The maximum Gasteiger partial charge on any atom is 0.417 e. The van der Waals surface area contributed by atoms with Gasteiger partial charge in [0.15, 0.2) is 17.4 Å². The molecule has 1 saturated heterocycles. The number of aromatic nitrogens is 3. The molecule has 0 spiro atoms. The summed E-state index contributed by atoms with van der Waals surface area (Å²) in [6.45, 7) is 6.52. The fourth-order valence-corrected chi connectivity index (χ4v) is 3.66. The fraction of sp³-hybridized carbons (Fsp3) is 0.611. The average Bonchev–Trinajstić information content (AvgIpc) is 3.26. The Hall–Kier alpha value is -2.32. The number of hydrogen-bond acceptors (Lipinski definition) is 3. The van der Waals surface area contributed by atoms with Crippen LogP contribution >= 0.6 is 0 Å². The van der Waals surface area contributed by atoms with Crippen LogP contribution in [0.5, 0.6) is 0 Å². The molecule has 3 rings (SSSR count). The van der Waals surface area contributed by atoms with Crippen molar-refractivity contribution < 1.29 is 13.2 Å². The Kier molecular flexibility index (Phi) is 5.30. The van der Waals surface area contributed by atoms with Crippen LogP contribution in [0, 0.1) is 5.41 Å². The van der Waals surface area contributed by atoms with E-state index in [9.17, 15) is 13.2 Å². The maximum absolute atomic E-state index is 13.0. The number of pyridine rings is 1. The molecule has 1 N–H and O–H groups in total. The first-order valence-electron chi connectivity index (χ1n) is 9.18. The lowest BCUT2D eigenvalue weighted by Crippen LogP contribution is -2.41. The number of likely N-dealkylation sites (tertiary alicyclic amines) is 1. The summed E-state index contributed by atoms with van der Waals surface area (Å²) in [5, 5.41) is 11.2. The van der Waals surface area contributed by atoms with Crippen LogP contribution in [-0.2, 0) is 12.7 Å². The van der Waals surface area contributed by atoms with Crippen molar-refractivity contribution in [2.75, 3.05) is 20.1 Å². The molecule has 0 amide bonds. The summed E-state index contributed by atoms with van der Waals surface area (Å²) in [6, 6.07) is 2.34. The number of halogens is 3. The Balaban J connectivity index is 1.74. The van der Waals surface area contributed by atoms with Crippen LogP contribution in [0.15, 0.2) is 23.3 Å². The highest BCUT2D eigenvalue weighted by Gasteiger charge is 2.36. The largest absolute Gasteiger partial charge is 0.417 e. The first-order chi connectivity index (χ1) is 12.8. The van der Waals surface area contributed by atoms with Crippen LogP contribution in [0.2, 0.25) is 0 Å². The van der Waals surface area contributed by atoms with E-state index in [0.717, 1.165) is 50.6 Å². The van der Waals surface area contributed by atoms with Crippen LogP contribution in [-0.4, -0.2) is 45.6 Å². The van der Waals surface area contributed by atoms with E-state index >= 15 is 0 Å². The minimum absolute atomic E-state index is 0.247. The molecule has 0 aliphatic carbocycles. The van der Waals surface area contributed by atoms with Gasteiger partial charge < -0.3 is 10.2 Å². The average molecular weight is 382 g/mol. The summed E-state index contributed by atoms with van der Waals surface area (Å²) in [6.07, 6.45) is -0.0237. The van der Waals surface area contributed by atoms with Crippen molar-refractivity contribution in [1.82, 2.24) is 24.8 Å². The molecule has 1 aliphatic rings. The monoisotopic (exact) mass is 382 g/mol. The highest BCUT2D eigenvalue weighted by molar-refractivity contribution is 5.80. The Morgan fingerprint density at radius 3 is 2.59 bits per heavy atom. The Morgan fingerprint density at radius 2 is 2.00 bits per heavy atom. The molecule has 6 nitrogen and oxygen atoms in total. The molecule has 9 heteroatoms. The van der Waals surface area contributed by atoms with Crippen molar-refractivity contribution in [2.45, 2.75) is 45.8 Å². The van der Waals surface area contributed by atoms with Gasteiger partial charge in [-0.15, -0.1) is 10.2 Å². The summed E-state index contributed by atoms with van der Waals surface area (Å²) >= 11 is 0. The number of alkyl halides is 3. The molecule has 2 aromatic heterocycles. The topological polar surface area (TPSA) is 57.8 Å². The van der Waals surface area contributed by atoms with Crippen molar-refractivity contribution in [3.8, 4) is 0 Å². The summed E-state index contributed by atoms with van der Waals surface area (Å²) in [5.74, 6) is 1.15. The molecule has 2 aromatic rings. The molecular weight excluding hydrogens is 357 g/mol. The minimum atomic E-state index is -4.40. The van der Waals surface area contributed by atoms with Gasteiger partial charge in [-0.05, 0) is 36.8 Å². The van der Waals surface area contributed by atoms with E-state index in [2.05, 4.69) is 39.3 Å². The zero-order chi connectivity index (χ0) is 19.7. The summed E-state index contributed by atoms with van der Waals surface area (Å²) in [5.41, 5.74) is -0.0385. The molecular formula is C18H25F3N6. The van der Waals surface area contributed by atoms with Crippen molar-refractivity contribution in [3.63, 3.8) is 0 Å². The van der Waals surface area contributed by atoms with Crippen molar-refractivity contribution in [2.24, 2.45) is 10.4 Å². The Labute approximate surface area is 156 Å². The van der Waals surface area contributed by atoms with E-state index in [1.807, 2.05) is 0 Å². The zero-order valence-electron chi connectivity index (χ0n) is 15.8. The van der Waals surface area contributed by atoms with Gasteiger partial charge in [0.1, 0.15) is 0 Å². The third kappa shape index (κ3) is 3.86. The minimum Gasteiger partial charge on any atom is -0.349 e. The second kappa shape index (κ2) is 7.36. The van der Waals surface area contributed by atoms with E-state index in [1.54, 1.807) is 7.05 Å². The van der Waals surface area contributed by atoms with Gasteiger partial charge in [0.2, 0.25) is 0 Å². The first-order valence-corrected chi connectivity index (χ1v) is 9.18. The lowest BCUT2D eigenvalue weighted by atomic mass is 9.82. The Morgan fingerprint density at radius 1 is 1.26 bits per heavy atom. The molecule has 0 aromatic carbocycles. The lowest BCUT2D eigenvalue weighted by molar-refractivity contribution is -0.137. The Bertz CT molecular complexity index is 822. The standard InChI is InChI=1S/C18H25F3N6/c1-4-17(5-2)8-9-26(12-17)16(22-3)23-10-15-25-24-14-7-6-13(11-27(14)15)18(19,20)21/h6-7,11H,4-5,8-10,12H2,1-3H3,(H,22,23). The second-order valence-electron chi connectivity index (χ2n) is 7.04. The van der Waals surface area contributed by atoms with E-state index in [4.69, 9.17) is 0 Å². The highest BCUT2D eigenvalue weighted by Crippen LogP contribution is 2.36. The molecule has 1 aliphatic heterocycles. The summed E-state index contributed by atoms with van der Waals surface area (Å²) in [4.78, 5) is 6.54. The van der Waals surface area contributed by atoms with Gasteiger partial charge in [0, 0.05) is 26.3 Å². The van der Waals surface area contributed by atoms with Crippen LogP contribution in [0.3, 0.4) is 0 Å². The molecule has 27 heavy (non-hydrogen) atoms. The van der Waals surface area contributed by atoms with Gasteiger partial charge in [-0.3, -0.25) is 9.39 Å². The number of aliphatic imine (C=N–C) groups is 1.